The SMILES string of the molecule is COC(=O)c1c(F)cc(NC(=O)C(=O)NC2CCCC3OCCC23)cc1F. The van der Waals surface area contributed by atoms with Gasteiger partial charge in [-0.1, -0.05) is 0 Å². The first-order valence-corrected chi connectivity index (χ1v) is 8.71. The van der Waals surface area contributed by atoms with Crippen LogP contribution in [0.5, 0.6) is 0 Å². The predicted octanol–water partition coefficient (Wildman–Crippen LogP) is 1.76. The lowest BCUT2D eigenvalue weighted by atomic mass is 9.82. The summed E-state index contributed by atoms with van der Waals surface area (Å²) in [6, 6.07) is 1.34. The summed E-state index contributed by atoms with van der Waals surface area (Å²) in [5.74, 6) is -5.33. The predicted molar refractivity (Wildman–Crippen MR) is 90.0 cm³/mol. The second-order valence-corrected chi connectivity index (χ2v) is 6.63. The number of ether oxygens (including phenoxy) is 2. The average molecular weight is 382 g/mol. The number of hydrogen-bond acceptors (Lipinski definition) is 5. The molecule has 0 bridgehead atoms. The van der Waals surface area contributed by atoms with Crippen LogP contribution in [0.25, 0.3) is 0 Å². The van der Waals surface area contributed by atoms with Crippen molar-refractivity contribution in [3.05, 3.63) is 29.3 Å². The first-order valence-electron chi connectivity index (χ1n) is 8.71. The number of benzene rings is 1. The number of rotatable bonds is 3. The lowest BCUT2D eigenvalue weighted by Crippen LogP contribution is -2.49. The van der Waals surface area contributed by atoms with E-state index in [1.165, 1.54) is 0 Å². The van der Waals surface area contributed by atoms with E-state index in [1.807, 2.05) is 0 Å². The number of amides is 2. The summed E-state index contributed by atoms with van der Waals surface area (Å²) in [5, 5.41) is 4.83. The maximum absolute atomic E-state index is 13.9. The van der Waals surface area contributed by atoms with E-state index in [0.29, 0.717) is 6.61 Å². The Bertz CT molecular complexity index is 747. The Morgan fingerprint density at radius 1 is 1.11 bits per heavy atom. The normalized spacial score (nSPS) is 24.0. The number of carbonyl (C=O) groups is 3. The van der Waals surface area contributed by atoms with Crippen LogP contribution in [-0.4, -0.2) is 43.6 Å². The van der Waals surface area contributed by atoms with Crippen molar-refractivity contribution in [1.82, 2.24) is 5.32 Å². The zero-order valence-corrected chi connectivity index (χ0v) is 14.7. The maximum atomic E-state index is 13.9. The van der Waals surface area contributed by atoms with Gasteiger partial charge in [-0.15, -0.1) is 0 Å². The van der Waals surface area contributed by atoms with Gasteiger partial charge in [-0.25, -0.2) is 13.6 Å². The largest absolute Gasteiger partial charge is 0.465 e. The number of esters is 1. The van der Waals surface area contributed by atoms with Crippen molar-refractivity contribution >= 4 is 23.5 Å². The minimum atomic E-state index is -1.20. The van der Waals surface area contributed by atoms with E-state index in [1.54, 1.807) is 0 Å². The standard InChI is InChI=1S/C18H20F2N2O5/c1-26-18(25)15-11(19)7-9(8-12(15)20)21-16(23)17(24)22-13-3-2-4-14-10(13)5-6-27-14/h7-8,10,13-14H,2-6H2,1H3,(H,21,23)(H,22,24). The van der Waals surface area contributed by atoms with Gasteiger partial charge in [0.15, 0.2) is 0 Å². The Labute approximate surface area is 154 Å². The van der Waals surface area contributed by atoms with Crippen molar-refractivity contribution in [2.24, 2.45) is 5.92 Å². The summed E-state index contributed by atoms with van der Waals surface area (Å²) >= 11 is 0. The third-order valence-corrected chi connectivity index (χ3v) is 4.99. The molecule has 1 aromatic carbocycles. The van der Waals surface area contributed by atoms with Crippen LogP contribution >= 0.6 is 0 Å². The molecule has 1 saturated carbocycles. The second-order valence-electron chi connectivity index (χ2n) is 6.63. The van der Waals surface area contributed by atoms with Crippen molar-refractivity contribution in [2.45, 2.75) is 37.8 Å². The zero-order valence-electron chi connectivity index (χ0n) is 14.7. The summed E-state index contributed by atoms with van der Waals surface area (Å²) in [7, 11) is 0.993. The van der Waals surface area contributed by atoms with Gasteiger partial charge in [0.2, 0.25) is 0 Å². The molecular weight excluding hydrogens is 362 g/mol. The molecule has 27 heavy (non-hydrogen) atoms. The van der Waals surface area contributed by atoms with Crippen LogP contribution in [0.15, 0.2) is 12.1 Å². The Hall–Kier alpha value is -2.55. The molecule has 2 fully saturated rings. The molecule has 0 aromatic heterocycles. The third kappa shape index (κ3) is 4.08. The van der Waals surface area contributed by atoms with Gasteiger partial charge >= 0.3 is 17.8 Å². The number of fused-ring (bicyclic) bond motifs is 1. The highest BCUT2D eigenvalue weighted by Crippen LogP contribution is 2.34. The molecule has 1 aliphatic carbocycles. The molecule has 1 aliphatic heterocycles. The molecule has 1 saturated heterocycles. The maximum Gasteiger partial charge on any atom is 0.343 e. The van der Waals surface area contributed by atoms with Crippen molar-refractivity contribution < 1.29 is 32.6 Å². The van der Waals surface area contributed by atoms with Gasteiger partial charge in [-0.05, 0) is 37.8 Å². The average Bonchev–Trinajstić information content (AvgIpc) is 3.10. The Balaban J connectivity index is 1.64. The van der Waals surface area contributed by atoms with E-state index in [0.717, 1.165) is 44.9 Å². The molecule has 1 heterocycles. The van der Waals surface area contributed by atoms with Gasteiger partial charge in [0, 0.05) is 24.3 Å². The Morgan fingerprint density at radius 2 is 1.81 bits per heavy atom. The van der Waals surface area contributed by atoms with E-state index in [9.17, 15) is 23.2 Å². The number of anilines is 1. The fourth-order valence-corrected chi connectivity index (χ4v) is 3.72. The molecule has 146 valence electrons. The molecule has 3 unspecified atom stereocenters. The molecule has 7 nitrogen and oxygen atoms in total. The number of methoxy groups -OCH3 is 1. The van der Waals surface area contributed by atoms with Crippen LogP contribution in [0.1, 0.15) is 36.0 Å². The first-order chi connectivity index (χ1) is 12.9. The van der Waals surface area contributed by atoms with E-state index in [2.05, 4.69) is 15.4 Å². The van der Waals surface area contributed by atoms with Crippen LogP contribution in [0.3, 0.4) is 0 Å². The highest BCUT2D eigenvalue weighted by atomic mass is 19.1. The lowest BCUT2D eigenvalue weighted by molar-refractivity contribution is -0.137. The molecule has 0 radical (unpaired) electrons. The minimum Gasteiger partial charge on any atom is -0.465 e. The molecule has 2 N–H and O–H groups in total. The summed E-state index contributed by atoms with van der Waals surface area (Å²) in [6.45, 7) is 0.638. The molecular formula is C18H20F2N2O5. The van der Waals surface area contributed by atoms with Gasteiger partial charge < -0.3 is 20.1 Å². The Morgan fingerprint density at radius 3 is 2.48 bits per heavy atom. The summed E-state index contributed by atoms with van der Waals surface area (Å²) in [5.41, 5.74) is -1.14. The molecule has 2 amide bonds. The molecule has 2 aliphatic rings. The van der Waals surface area contributed by atoms with E-state index < -0.39 is 35.0 Å². The molecule has 1 aromatic rings. The van der Waals surface area contributed by atoms with Crippen LogP contribution < -0.4 is 10.6 Å². The van der Waals surface area contributed by atoms with E-state index in [4.69, 9.17) is 4.74 Å². The fraction of sp³-hybridized carbons (Fsp3) is 0.500. The fourth-order valence-electron chi connectivity index (χ4n) is 3.72. The summed E-state index contributed by atoms with van der Waals surface area (Å²) in [4.78, 5) is 35.6. The van der Waals surface area contributed by atoms with Crippen LogP contribution in [0.4, 0.5) is 14.5 Å². The molecule has 9 heteroatoms. The Kier molecular flexibility index (Phi) is 5.69. The van der Waals surface area contributed by atoms with E-state index in [-0.39, 0.29) is 23.8 Å². The number of nitrogens with one attached hydrogen (secondary N) is 2. The van der Waals surface area contributed by atoms with Crippen LogP contribution in [0.2, 0.25) is 0 Å². The molecule has 0 spiro atoms. The highest BCUT2D eigenvalue weighted by Gasteiger charge is 2.38. The highest BCUT2D eigenvalue weighted by molar-refractivity contribution is 6.39. The van der Waals surface area contributed by atoms with Crippen LogP contribution in [0, 0.1) is 17.6 Å². The van der Waals surface area contributed by atoms with Crippen molar-refractivity contribution in [1.29, 1.82) is 0 Å². The number of carbonyl (C=O) groups excluding carboxylic acids is 3. The second kappa shape index (κ2) is 7.99. The summed E-state index contributed by atoms with van der Waals surface area (Å²) in [6.07, 6.45) is 3.50. The molecule has 3 rings (SSSR count). The smallest absolute Gasteiger partial charge is 0.343 e. The zero-order chi connectivity index (χ0) is 19.6. The third-order valence-electron chi connectivity index (χ3n) is 4.99. The van der Waals surface area contributed by atoms with Gasteiger partial charge in [-0.3, -0.25) is 9.59 Å². The minimum absolute atomic E-state index is 0.0983. The van der Waals surface area contributed by atoms with Gasteiger partial charge in [0.25, 0.3) is 0 Å². The van der Waals surface area contributed by atoms with Crippen molar-refractivity contribution in [2.75, 3.05) is 19.0 Å². The van der Waals surface area contributed by atoms with Gasteiger partial charge in [-0.2, -0.15) is 0 Å². The quantitative estimate of drug-likeness (QED) is 0.614. The van der Waals surface area contributed by atoms with Gasteiger partial charge in [0.05, 0.1) is 13.2 Å². The number of halogens is 2. The monoisotopic (exact) mass is 382 g/mol. The van der Waals surface area contributed by atoms with E-state index >= 15 is 0 Å². The van der Waals surface area contributed by atoms with Gasteiger partial charge in [0.1, 0.15) is 17.2 Å². The molecule has 3 atom stereocenters. The number of hydrogen-bond donors (Lipinski definition) is 2. The van der Waals surface area contributed by atoms with Crippen molar-refractivity contribution in [3.63, 3.8) is 0 Å². The topological polar surface area (TPSA) is 93.7 Å². The van der Waals surface area contributed by atoms with Crippen LogP contribution in [-0.2, 0) is 19.1 Å². The van der Waals surface area contributed by atoms with Crippen molar-refractivity contribution in [3.8, 4) is 0 Å². The first kappa shape index (κ1) is 19.2. The summed E-state index contributed by atoms with van der Waals surface area (Å²) < 4.78 is 37.7. The lowest BCUT2D eigenvalue weighted by Gasteiger charge is -2.32.